The van der Waals surface area contributed by atoms with Gasteiger partial charge in [0.1, 0.15) is 16.5 Å². The van der Waals surface area contributed by atoms with E-state index >= 15 is 0 Å². The highest BCUT2D eigenvalue weighted by atomic mass is 32.1. The molecular weight excluding hydrogens is 366 g/mol. The summed E-state index contributed by atoms with van der Waals surface area (Å²) in [6, 6.07) is 26.3. The summed E-state index contributed by atoms with van der Waals surface area (Å²) in [7, 11) is 1.67. The Morgan fingerprint density at radius 1 is 0.857 bits per heavy atom. The van der Waals surface area contributed by atoms with E-state index in [4.69, 9.17) is 14.8 Å². The van der Waals surface area contributed by atoms with Gasteiger partial charge in [-0.3, -0.25) is 0 Å². The van der Waals surface area contributed by atoms with Crippen LogP contribution in [0, 0.1) is 0 Å². The SMILES string of the molecule is COc1ccc(-c2nn(-c3ccccc3)cc2-c2nc3ccccc3s2)cc1. The quantitative estimate of drug-likeness (QED) is 0.392. The molecule has 4 nitrogen and oxygen atoms in total. The smallest absolute Gasteiger partial charge is 0.128 e. The summed E-state index contributed by atoms with van der Waals surface area (Å²) in [4.78, 5) is 4.85. The summed E-state index contributed by atoms with van der Waals surface area (Å²) in [6.07, 6.45) is 2.06. The Morgan fingerprint density at radius 2 is 1.61 bits per heavy atom. The van der Waals surface area contributed by atoms with Crippen molar-refractivity contribution in [2.24, 2.45) is 0 Å². The van der Waals surface area contributed by atoms with Crippen molar-refractivity contribution >= 4 is 21.6 Å². The van der Waals surface area contributed by atoms with Crippen molar-refractivity contribution < 1.29 is 4.74 Å². The van der Waals surface area contributed by atoms with Gasteiger partial charge in [-0.05, 0) is 48.5 Å². The Hall–Kier alpha value is -3.44. The summed E-state index contributed by atoms with van der Waals surface area (Å²) in [5.74, 6) is 0.827. The zero-order valence-electron chi connectivity index (χ0n) is 15.2. The van der Waals surface area contributed by atoms with E-state index in [9.17, 15) is 0 Å². The van der Waals surface area contributed by atoms with Crippen molar-refractivity contribution in [1.82, 2.24) is 14.8 Å². The van der Waals surface area contributed by atoms with Gasteiger partial charge in [0.2, 0.25) is 0 Å². The number of benzene rings is 3. The van der Waals surface area contributed by atoms with Crippen molar-refractivity contribution in [3.05, 3.63) is 85.1 Å². The summed E-state index contributed by atoms with van der Waals surface area (Å²) < 4.78 is 8.39. The predicted molar refractivity (Wildman–Crippen MR) is 114 cm³/mol. The van der Waals surface area contributed by atoms with Crippen LogP contribution in [0.4, 0.5) is 0 Å². The summed E-state index contributed by atoms with van der Waals surface area (Å²) in [6.45, 7) is 0. The molecule has 0 aliphatic carbocycles. The molecule has 3 aromatic carbocycles. The van der Waals surface area contributed by atoms with Gasteiger partial charge in [-0.2, -0.15) is 5.10 Å². The van der Waals surface area contributed by atoms with Crippen LogP contribution in [-0.4, -0.2) is 21.9 Å². The Morgan fingerprint density at radius 3 is 2.36 bits per heavy atom. The molecule has 0 amide bonds. The minimum atomic E-state index is 0.827. The van der Waals surface area contributed by atoms with Crippen molar-refractivity contribution in [3.63, 3.8) is 0 Å². The normalized spacial score (nSPS) is 11.0. The van der Waals surface area contributed by atoms with Crippen molar-refractivity contribution in [1.29, 1.82) is 0 Å². The Bertz CT molecular complexity index is 1210. The molecule has 0 saturated heterocycles. The van der Waals surface area contributed by atoms with Gasteiger partial charge in [-0.25, -0.2) is 9.67 Å². The van der Waals surface area contributed by atoms with E-state index in [-0.39, 0.29) is 0 Å². The second-order valence-electron chi connectivity index (χ2n) is 6.39. The fourth-order valence-corrected chi connectivity index (χ4v) is 4.17. The number of aromatic nitrogens is 3. The molecular formula is C23H17N3OS. The number of fused-ring (bicyclic) bond motifs is 1. The third-order valence-corrected chi connectivity index (χ3v) is 5.69. The molecule has 2 aromatic heterocycles. The van der Waals surface area contributed by atoms with Gasteiger partial charge < -0.3 is 4.74 Å². The maximum Gasteiger partial charge on any atom is 0.128 e. The number of thiazole rings is 1. The number of para-hydroxylation sites is 2. The molecule has 136 valence electrons. The molecule has 5 aromatic rings. The van der Waals surface area contributed by atoms with Crippen LogP contribution in [0.25, 0.3) is 37.7 Å². The lowest BCUT2D eigenvalue weighted by Crippen LogP contribution is -1.94. The topological polar surface area (TPSA) is 39.9 Å². The van der Waals surface area contributed by atoms with E-state index < -0.39 is 0 Å². The molecule has 0 atom stereocenters. The first-order valence-corrected chi connectivity index (χ1v) is 9.79. The molecule has 0 fully saturated rings. The number of rotatable bonds is 4. The molecule has 0 N–H and O–H groups in total. The average Bonchev–Trinajstić information content (AvgIpc) is 3.39. The summed E-state index contributed by atoms with van der Waals surface area (Å²) in [5, 5.41) is 5.86. The molecule has 0 saturated carbocycles. The average molecular weight is 383 g/mol. The minimum Gasteiger partial charge on any atom is -0.497 e. The van der Waals surface area contributed by atoms with Crippen LogP contribution >= 0.6 is 11.3 Å². The second-order valence-corrected chi connectivity index (χ2v) is 7.42. The highest BCUT2D eigenvalue weighted by Crippen LogP contribution is 2.37. The van der Waals surface area contributed by atoms with Crippen molar-refractivity contribution in [2.75, 3.05) is 7.11 Å². The lowest BCUT2D eigenvalue weighted by Gasteiger charge is -2.03. The first-order chi connectivity index (χ1) is 13.8. The van der Waals surface area contributed by atoms with Gasteiger partial charge in [0.15, 0.2) is 0 Å². The fourth-order valence-electron chi connectivity index (χ4n) is 3.19. The monoisotopic (exact) mass is 383 g/mol. The molecule has 2 heterocycles. The molecule has 0 aliphatic heterocycles. The van der Waals surface area contributed by atoms with Crippen molar-refractivity contribution in [2.45, 2.75) is 0 Å². The number of ether oxygens (including phenoxy) is 1. The first kappa shape index (κ1) is 16.7. The van der Waals surface area contributed by atoms with Crippen molar-refractivity contribution in [3.8, 4) is 33.3 Å². The van der Waals surface area contributed by atoms with Gasteiger partial charge >= 0.3 is 0 Å². The third kappa shape index (κ3) is 2.96. The molecule has 0 aliphatic rings. The predicted octanol–water partition coefficient (Wildman–Crippen LogP) is 5.82. The number of nitrogens with zero attached hydrogens (tertiary/aromatic N) is 3. The Labute approximate surface area is 166 Å². The van der Waals surface area contributed by atoms with Gasteiger partial charge in [-0.15, -0.1) is 11.3 Å². The lowest BCUT2D eigenvalue weighted by molar-refractivity contribution is 0.415. The van der Waals surface area contributed by atoms with Crippen LogP contribution in [0.2, 0.25) is 0 Å². The number of hydrogen-bond donors (Lipinski definition) is 0. The maximum absolute atomic E-state index is 5.30. The highest BCUT2D eigenvalue weighted by molar-refractivity contribution is 7.21. The van der Waals surface area contributed by atoms with E-state index in [0.29, 0.717) is 0 Å². The number of methoxy groups -OCH3 is 1. The zero-order valence-corrected chi connectivity index (χ0v) is 16.1. The van der Waals surface area contributed by atoms with Crippen LogP contribution in [-0.2, 0) is 0 Å². The number of hydrogen-bond acceptors (Lipinski definition) is 4. The van der Waals surface area contributed by atoms with Gasteiger partial charge in [-0.1, -0.05) is 30.3 Å². The molecule has 0 bridgehead atoms. The fraction of sp³-hybridized carbons (Fsp3) is 0.0435. The Kier molecular flexibility index (Phi) is 4.14. The van der Waals surface area contributed by atoms with E-state index in [1.165, 1.54) is 4.70 Å². The lowest BCUT2D eigenvalue weighted by atomic mass is 10.1. The van der Waals surface area contributed by atoms with Crippen LogP contribution in [0.1, 0.15) is 0 Å². The molecule has 28 heavy (non-hydrogen) atoms. The van der Waals surface area contributed by atoms with E-state index in [1.54, 1.807) is 18.4 Å². The molecule has 0 unspecified atom stereocenters. The Balaban J connectivity index is 1.70. The third-order valence-electron chi connectivity index (χ3n) is 4.62. The van der Waals surface area contributed by atoms with Crippen LogP contribution in [0.5, 0.6) is 5.75 Å². The van der Waals surface area contributed by atoms with Gasteiger partial charge in [0.05, 0.1) is 28.6 Å². The maximum atomic E-state index is 5.30. The van der Waals surface area contributed by atoms with Crippen LogP contribution < -0.4 is 4.74 Å². The summed E-state index contributed by atoms with van der Waals surface area (Å²) >= 11 is 1.69. The van der Waals surface area contributed by atoms with E-state index in [2.05, 4.69) is 12.3 Å². The zero-order chi connectivity index (χ0) is 18.9. The van der Waals surface area contributed by atoms with Gasteiger partial charge in [0, 0.05) is 11.8 Å². The molecule has 5 heteroatoms. The molecule has 5 rings (SSSR count). The van der Waals surface area contributed by atoms with Gasteiger partial charge in [0.25, 0.3) is 0 Å². The first-order valence-electron chi connectivity index (χ1n) is 8.97. The summed E-state index contributed by atoms with van der Waals surface area (Å²) in [5.41, 5.74) is 4.99. The van der Waals surface area contributed by atoms with Crippen LogP contribution in [0.3, 0.4) is 0 Å². The van der Waals surface area contributed by atoms with Crippen LogP contribution in [0.15, 0.2) is 85.1 Å². The van der Waals surface area contributed by atoms with E-state index in [0.717, 1.165) is 38.8 Å². The highest BCUT2D eigenvalue weighted by Gasteiger charge is 2.17. The van der Waals surface area contributed by atoms with E-state index in [1.807, 2.05) is 77.5 Å². The second kappa shape index (κ2) is 6.94. The molecule has 0 spiro atoms. The standard InChI is InChI=1S/C23H17N3OS/c1-27-18-13-11-16(12-14-18)22-19(15-26(25-22)17-7-3-2-4-8-17)23-24-20-9-5-6-10-21(20)28-23/h2-15H,1H3. The largest absolute Gasteiger partial charge is 0.497 e. The minimum absolute atomic E-state index is 0.827. The molecule has 0 radical (unpaired) electrons.